The van der Waals surface area contributed by atoms with Crippen LogP contribution in [0.15, 0.2) is 18.2 Å². The van der Waals surface area contributed by atoms with Crippen LogP contribution in [0.2, 0.25) is 0 Å². The Kier molecular flexibility index (Phi) is 4.67. The number of hydrogen-bond acceptors (Lipinski definition) is 1. The van der Waals surface area contributed by atoms with Gasteiger partial charge in [-0.15, -0.1) is 0 Å². The van der Waals surface area contributed by atoms with Gasteiger partial charge in [0.2, 0.25) is 0 Å². The molecule has 1 heteroatoms. The Hall–Kier alpha value is -0.820. The summed E-state index contributed by atoms with van der Waals surface area (Å²) in [6.07, 6.45) is 6.86. The van der Waals surface area contributed by atoms with Crippen molar-refractivity contribution in [3.05, 3.63) is 34.9 Å². The number of nitrogens with one attached hydrogen (secondary N) is 1. The van der Waals surface area contributed by atoms with E-state index >= 15 is 0 Å². The van der Waals surface area contributed by atoms with Crippen molar-refractivity contribution in [2.24, 2.45) is 5.41 Å². The molecule has 106 valence electrons. The van der Waals surface area contributed by atoms with Gasteiger partial charge in [0.05, 0.1) is 0 Å². The summed E-state index contributed by atoms with van der Waals surface area (Å²) in [5.74, 6) is 0. The molecule has 0 spiro atoms. The van der Waals surface area contributed by atoms with Gasteiger partial charge in [0.15, 0.2) is 0 Å². The van der Waals surface area contributed by atoms with Crippen LogP contribution in [0.5, 0.6) is 0 Å². The first-order valence-corrected chi connectivity index (χ1v) is 7.94. The lowest BCUT2D eigenvalue weighted by molar-refractivity contribution is 0.188. The van der Waals surface area contributed by atoms with Crippen molar-refractivity contribution in [2.45, 2.75) is 65.8 Å². The Morgan fingerprint density at radius 3 is 2.42 bits per heavy atom. The van der Waals surface area contributed by atoms with Crippen molar-refractivity contribution < 1.29 is 0 Å². The predicted octanol–water partition coefficient (Wildman–Crippen LogP) is 4.92. The van der Waals surface area contributed by atoms with Gasteiger partial charge in [0.1, 0.15) is 0 Å². The van der Waals surface area contributed by atoms with Crippen molar-refractivity contribution in [2.75, 3.05) is 6.54 Å². The van der Waals surface area contributed by atoms with Crippen molar-refractivity contribution in [3.63, 3.8) is 0 Å². The van der Waals surface area contributed by atoms with Gasteiger partial charge in [0.25, 0.3) is 0 Å². The predicted molar refractivity (Wildman–Crippen MR) is 83.5 cm³/mol. The minimum atomic E-state index is 0.481. The molecule has 2 rings (SSSR count). The largest absolute Gasteiger partial charge is 0.310 e. The topological polar surface area (TPSA) is 12.0 Å². The summed E-state index contributed by atoms with van der Waals surface area (Å²) >= 11 is 0. The molecule has 0 radical (unpaired) electrons. The third-order valence-corrected chi connectivity index (χ3v) is 5.28. The summed E-state index contributed by atoms with van der Waals surface area (Å²) in [5.41, 5.74) is 4.91. The number of benzene rings is 1. The molecule has 0 aromatic heterocycles. The van der Waals surface area contributed by atoms with Crippen LogP contribution >= 0.6 is 0 Å². The van der Waals surface area contributed by atoms with E-state index in [2.05, 4.69) is 51.2 Å². The minimum Gasteiger partial charge on any atom is -0.310 e. The third-order valence-electron chi connectivity index (χ3n) is 5.28. The molecule has 0 bridgehead atoms. The monoisotopic (exact) mass is 259 g/mol. The van der Waals surface area contributed by atoms with Gasteiger partial charge in [-0.3, -0.25) is 0 Å². The van der Waals surface area contributed by atoms with Crippen LogP contribution < -0.4 is 5.32 Å². The normalized spacial score (nSPS) is 19.6. The second-order valence-corrected chi connectivity index (χ2v) is 6.20. The fraction of sp³-hybridized carbons (Fsp3) is 0.667. The second-order valence-electron chi connectivity index (χ2n) is 6.20. The molecule has 1 nitrogen and oxygen atoms in total. The van der Waals surface area contributed by atoms with E-state index in [1.807, 2.05) is 0 Å². The minimum absolute atomic E-state index is 0.481. The van der Waals surface area contributed by atoms with E-state index in [0.29, 0.717) is 11.5 Å². The summed E-state index contributed by atoms with van der Waals surface area (Å²) in [6.45, 7) is 10.2. The summed E-state index contributed by atoms with van der Waals surface area (Å²) in [4.78, 5) is 0. The Labute approximate surface area is 118 Å². The van der Waals surface area contributed by atoms with Gasteiger partial charge in [-0.05, 0) is 61.8 Å². The van der Waals surface area contributed by atoms with Crippen molar-refractivity contribution >= 4 is 0 Å². The average Bonchev–Trinajstić information content (AvgIpc) is 2.89. The highest BCUT2D eigenvalue weighted by molar-refractivity contribution is 5.36. The summed E-state index contributed by atoms with van der Waals surface area (Å²) < 4.78 is 0. The number of rotatable bonds is 5. The van der Waals surface area contributed by atoms with Crippen LogP contribution in [0.1, 0.15) is 68.7 Å². The molecule has 1 aromatic rings. The zero-order chi connectivity index (χ0) is 13.9. The van der Waals surface area contributed by atoms with E-state index in [0.717, 1.165) is 6.54 Å². The average molecular weight is 259 g/mol. The lowest BCUT2D eigenvalue weighted by Crippen LogP contribution is -2.36. The first-order chi connectivity index (χ1) is 9.14. The van der Waals surface area contributed by atoms with Crippen LogP contribution in [0, 0.1) is 19.3 Å². The quantitative estimate of drug-likeness (QED) is 0.791. The Morgan fingerprint density at radius 1 is 1.16 bits per heavy atom. The SMILES string of the molecule is CCNC(c1cccc(C)c1C)C1(CC)CCCC1. The van der Waals surface area contributed by atoms with Crippen LogP contribution in [0.25, 0.3) is 0 Å². The zero-order valence-electron chi connectivity index (χ0n) is 13.1. The molecule has 1 atom stereocenters. The van der Waals surface area contributed by atoms with Crippen LogP contribution in [0.3, 0.4) is 0 Å². The molecule has 1 aliphatic rings. The molecule has 19 heavy (non-hydrogen) atoms. The summed E-state index contributed by atoms with van der Waals surface area (Å²) in [6, 6.07) is 7.32. The highest BCUT2D eigenvalue weighted by Gasteiger charge is 2.40. The molecule has 0 amide bonds. The Morgan fingerprint density at radius 2 is 1.84 bits per heavy atom. The van der Waals surface area contributed by atoms with Gasteiger partial charge in [0, 0.05) is 6.04 Å². The Balaban J connectivity index is 2.41. The maximum absolute atomic E-state index is 3.80. The Bertz CT molecular complexity index is 416. The first kappa shape index (κ1) is 14.6. The standard InChI is InChI=1S/C18H29N/c1-5-18(12-7-8-13-18)17(19-6-2)16-11-9-10-14(3)15(16)4/h9-11,17,19H,5-8,12-13H2,1-4H3. The van der Waals surface area contributed by atoms with E-state index in [1.165, 1.54) is 48.8 Å². The summed E-state index contributed by atoms with van der Waals surface area (Å²) in [7, 11) is 0. The van der Waals surface area contributed by atoms with E-state index in [9.17, 15) is 0 Å². The van der Waals surface area contributed by atoms with Gasteiger partial charge in [-0.1, -0.05) is 44.9 Å². The molecular weight excluding hydrogens is 230 g/mol. The maximum atomic E-state index is 3.80. The van der Waals surface area contributed by atoms with E-state index in [1.54, 1.807) is 0 Å². The number of hydrogen-bond donors (Lipinski definition) is 1. The smallest absolute Gasteiger partial charge is 0.0379 e. The molecule has 0 heterocycles. The molecule has 1 unspecified atom stereocenters. The van der Waals surface area contributed by atoms with Crippen molar-refractivity contribution in [1.82, 2.24) is 5.32 Å². The molecule has 1 aliphatic carbocycles. The van der Waals surface area contributed by atoms with Gasteiger partial charge in [-0.25, -0.2) is 0 Å². The molecular formula is C18H29N. The fourth-order valence-corrected chi connectivity index (χ4v) is 3.87. The molecule has 1 saturated carbocycles. The highest BCUT2D eigenvalue weighted by Crippen LogP contribution is 2.50. The van der Waals surface area contributed by atoms with E-state index in [-0.39, 0.29) is 0 Å². The number of aryl methyl sites for hydroxylation is 1. The second kappa shape index (κ2) is 6.09. The van der Waals surface area contributed by atoms with E-state index < -0.39 is 0 Å². The molecule has 0 aliphatic heterocycles. The van der Waals surface area contributed by atoms with Crippen LogP contribution in [0.4, 0.5) is 0 Å². The third kappa shape index (κ3) is 2.72. The lowest BCUT2D eigenvalue weighted by Gasteiger charge is -2.39. The lowest BCUT2D eigenvalue weighted by atomic mass is 9.72. The molecule has 0 saturated heterocycles. The van der Waals surface area contributed by atoms with Crippen LogP contribution in [-0.2, 0) is 0 Å². The molecule has 1 aromatic carbocycles. The molecule has 1 N–H and O–H groups in total. The fourth-order valence-electron chi connectivity index (χ4n) is 3.87. The van der Waals surface area contributed by atoms with Crippen molar-refractivity contribution in [1.29, 1.82) is 0 Å². The highest BCUT2D eigenvalue weighted by atomic mass is 14.9. The van der Waals surface area contributed by atoms with Crippen molar-refractivity contribution in [3.8, 4) is 0 Å². The van der Waals surface area contributed by atoms with Gasteiger partial charge >= 0.3 is 0 Å². The van der Waals surface area contributed by atoms with Gasteiger partial charge in [-0.2, -0.15) is 0 Å². The maximum Gasteiger partial charge on any atom is 0.0379 e. The van der Waals surface area contributed by atoms with E-state index in [4.69, 9.17) is 0 Å². The van der Waals surface area contributed by atoms with Gasteiger partial charge < -0.3 is 5.32 Å². The molecule has 1 fully saturated rings. The summed E-state index contributed by atoms with van der Waals surface area (Å²) in [5, 5.41) is 3.80. The first-order valence-electron chi connectivity index (χ1n) is 7.94. The zero-order valence-corrected chi connectivity index (χ0v) is 13.1. The van der Waals surface area contributed by atoms with Crippen LogP contribution in [-0.4, -0.2) is 6.54 Å².